The van der Waals surface area contributed by atoms with Crippen molar-refractivity contribution in [1.29, 1.82) is 0 Å². The van der Waals surface area contributed by atoms with Crippen molar-refractivity contribution in [2.24, 2.45) is 0 Å². The minimum absolute atomic E-state index is 0.0214. The van der Waals surface area contributed by atoms with Crippen LogP contribution in [0.4, 0.5) is 5.69 Å². The second-order valence-electron chi connectivity index (χ2n) is 5.79. The number of benzene rings is 2. The van der Waals surface area contributed by atoms with Crippen LogP contribution in [0.3, 0.4) is 0 Å². The molecule has 25 heavy (non-hydrogen) atoms. The molecule has 1 unspecified atom stereocenters. The van der Waals surface area contributed by atoms with Gasteiger partial charge in [0.1, 0.15) is 0 Å². The number of carboxylic acid groups (broad SMARTS) is 1. The molecule has 0 saturated carbocycles. The molecule has 1 amide bonds. The predicted molar refractivity (Wildman–Crippen MR) is 103 cm³/mol. The lowest BCUT2D eigenvalue weighted by atomic mass is 10.0. The highest BCUT2D eigenvalue weighted by atomic mass is 32.2. The van der Waals surface area contributed by atoms with Gasteiger partial charge < -0.3 is 10.4 Å². The molecule has 1 atom stereocenters. The fraction of sp³-hybridized carbons (Fsp3) is 0.263. The van der Waals surface area contributed by atoms with E-state index in [1.165, 1.54) is 4.90 Å². The van der Waals surface area contributed by atoms with Gasteiger partial charge in [0.2, 0.25) is 5.91 Å². The van der Waals surface area contributed by atoms with Crippen LogP contribution in [-0.2, 0) is 15.3 Å². The fourth-order valence-electron chi connectivity index (χ4n) is 2.70. The third-order valence-corrected chi connectivity index (χ3v) is 6.15. The van der Waals surface area contributed by atoms with Crippen LogP contribution in [0.2, 0.25) is 0 Å². The first-order valence-corrected chi connectivity index (χ1v) is 10.2. The standard InChI is InChI=1S/C19H19NO3S2/c21-18(22)8-9-24-11-13-4-3-5-14(10-13)20-19(23)16-12-25-17-7-2-1-6-15(16)17/h1-7,10,16H,8-9,11-12H2,(H,20,23)(H,21,22). The van der Waals surface area contributed by atoms with E-state index in [2.05, 4.69) is 11.4 Å². The van der Waals surface area contributed by atoms with Crippen LogP contribution < -0.4 is 5.32 Å². The van der Waals surface area contributed by atoms with Crippen LogP contribution in [-0.4, -0.2) is 28.5 Å². The maximum absolute atomic E-state index is 12.6. The first kappa shape index (κ1) is 17.9. The molecule has 1 aliphatic rings. The van der Waals surface area contributed by atoms with Crippen molar-refractivity contribution in [3.63, 3.8) is 0 Å². The second-order valence-corrected chi connectivity index (χ2v) is 7.95. The Morgan fingerprint density at radius 1 is 1.20 bits per heavy atom. The molecule has 0 bridgehead atoms. The Labute approximate surface area is 155 Å². The van der Waals surface area contributed by atoms with E-state index in [0.717, 1.165) is 28.3 Å². The van der Waals surface area contributed by atoms with E-state index in [0.29, 0.717) is 5.75 Å². The molecule has 0 fully saturated rings. The highest BCUT2D eigenvalue weighted by Gasteiger charge is 2.28. The number of rotatable bonds is 7. The Balaban J connectivity index is 1.59. The van der Waals surface area contributed by atoms with E-state index >= 15 is 0 Å². The van der Waals surface area contributed by atoms with Crippen LogP contribution in [0.5, 0.6) is 0 Å². The summed E-state index contributed by atoms with van der Waals surface area (Å²) in [4.78, 5) is 24.4. The summed E-state index contributed by atoms with van der Waals surface area (Å²) in [5.41, 5.74) is 2.97. The molecular formula is C19H19NO3S2. The molecule has 6 heteroatoms. The monoisotopic (exact) mass is 373 g/mol. The Kier molecular flexibility index (Phi) is 6.04. The van der Waals surface area contributed by atoms with Gasteiger partial charge in [-0.25, -0.2) is 0 Å². The van der Waals surface area contributed by atoms with Crippen molar-refractivity contribution in [1.82, 2.24) is 0 Å². The summed E-state index contributed by atoms with van der Waals surface area (Å²) in [5.74, 6) is 1.22. The number of carbonyl (C=O) groups excluding carboxylic acids is 1. The Morgan fingerprint density at radius 2 is 2.04 bits per heavy atom. The Morgan fingerprint density at radius 3 is 2.88 bits per heavy atom. The van der Waals surface area contributed by atoms with Gasteiger partial charge in [0, 0.05) is 27.8 Å². The van der Waals surface area contributed by atoms with Crippen LogP contribution in [0.1, 0.15) is 23.5 Å². The minimum Gasteiger partial charge on any atom is -0.481 e. The van der Waals surface area contributed by atoms with Crippen molar-refractivity contribution >= 4 is 41.1 Å². The molecule has 0 saturated heterocycles. The summed E-state index contributed by atoms with van der Waals surface area (Å²) in [7, 11) is 0. The van der Waals surface area contributed by atoms with Gasteiger partial charge in [0.15, 0.2) is 0 Å². The molecule has 2 aromatic rings. The molecule has 0 radical (unpaired) electrons. The number of thioether (sulfide) groups is 2. The van der Waals surface area contributed by atoms with E-state index in [-0.39, 0.29) is 18.2 Å². The summed E-state index contributed by atoms with van der Waals surface area (Å²) in [6.45, 7) is 0. The van der Waals surface area contributed by atoms with Gasteiger partial charge in [-0.2, -0.15) is 11.8 Å². The number of hydrogen-bond acceptors (Lipinski definition) is 4. The molecular weight excluding hydrogens is 354 g/mol. The molecule has 3 rings (SSSR count). The first-order valence-electron chi connectivity index (χ1n) is 8.04. The molecule has 130 valence electrons. The number of nitrogens with one attached hydrogen (secondary N) is 1. The van der Waals surface area contributed by atoms with E-state index in [1.807, 2.05) is 42.5 Å². The summed E-state index contributed by atoms with van der Waals surface area (Å²) in [5, 5.41) is 11.7. The van der Waals surface area contributed by atoms with Crippen LogP contribution in [0.15, 0.2) is 53.4 Å². The number of amides is 1. The number of fused-ring (bicyclic) bond motifs is 1. The summed E-state index contributed by atoms with van der Waals surface area (Å²) in [6.07, 6.45) is 0.167. The second kappa shape index (κ2) is 8.45. The van der Waals surface area contributed by atoms with E-state index < -0.39 is 5.97 Å². The molecule has 0 spiro atoms. The zero-order chi connectivity index (χ0) is 17.6. The highest BCUT2D eigenvalue weighted by Crippen LogP contribution is 2.39. The Bertz CT molecular complexity index is 779. The normalized spacial score (nSPS) is 15.6. The lowest BCUT2D eigenvalue weighted by molar-refractivity contribution is -0.136. The lowest BCUT2D eigenvalue weighted by Crippen LogP contribution is -2.21. The van der Waals surface area contributed by atoms with Crippen molar-refractivity contribution in [3.8, 4) is 0 Å². The van der Waals surface area contributed by atoms with Gasteiger partial charge in [-0.15, -0.1) is 11.8 Å². The molecule has 1 aliphatic heterocycles. The van der Waals surface area contributed by atoms with Gasteiger partial charge >= 0.3 is 5.97 Å². The number of anilines is 1. The minimum atomic E-state index is -0.775. The van der Waals surface area contributed by atoms with Gasteiger partial charge in [-0.3, -0.25) is 9.59 Å². The molecule has 4 nitrogen and oxygen atoms in total. The Hall–Kier alpha value is -1.92. The molecule has 2 N–H and O–H groups in total. The van der Waals surface area contributed by atoms with Crippen molar-refractivity contribution in [2.75, 3.05) is 16.8 Å². The number of hydrogen-bond donors (Lipinski definition) is 2. The maximum atomic E-state index is 12.6. The third kappa shape index (κ3) is 4.80. The average Bonchev–Trinajstić information content (AvgIpc) is 3.03. The number of carbonyl (C=O) groups is 2. The molecule has 2 aromatic carbocycles. The van der Waals surface area contributed by atoms with Gasteiger partial charge in [0.05, 0.1) is 12.3 Å². The van der Waals surface area contributed by atoms with Crippen LogP contribution in [0, 0.1) is 0 Å². The van der Waals surface area contributed by atoms with E-state index in [4.69, 9.17) is 5.11 Å². The summed E-state index contributed by atoms with van der Waals surface area (Å²) >= 11 is 3.30. The molecule has 0 aliphatic carbocycles. The van der Waals surface area contributed by atoms with Crippen LogP contribution in [0.25, 0.3) is 0 Å². The molecule has 0 aromatic heterocycles. The number of carboxylic acids is 1. The summed E-state index contributed by atoms with van der Waals surface area (Å²) in [6, 6.07) is 15.8. The van der Waals surface area contributed by atoms with Crippen LogP contribution >= 0.6 is 23.5 Å². The van der Waals surface area contributed by atoms with Gasteiger partial charge in [0.25, 0.3) is 0 Å². The number of aliphatic carboxylic acids is 1. The largest absolute Gasteiger partial charge is 0.481 e. The fourth-order valence-corrected chi connectivity index (χ4v) is 4.80. The average molecular weight is 373 g/mol. The van der Waals surface area contributed by atoms with Gasteiger partial charge in [-0.1, -0.05) is 30.3 Å². The van der Waals surface area contributed by atoms with Crippen molar-refractivity contribution < 1.29 is 14.7 Å². The predicted octanol–water partition coefficient (Wildman–Crippen LogP) is 4.22. The van der Waals surface area contributed by atoms with E-state index in [9.17, 15) is 9.59 Å². The van der Waals surface area contributed by atoms with E-state index in [1.54, 1.807) is 23.5 Å². The van der Waals surface area contributed by atoms with Crippen molar-refractivity contribution in [2.45, 2.75) is 23.0 Å². The quantitative estimate of drug-likeness (QED) is 0.711. The van der Waals surface area contributed by atoms with Gasteiger partial charge in [-0.05, 0) is 29.3 Å². The summed E-state index contributed by atoms with van der Waals surface area (Å²) < 4.78 is 0. The first-order chi connectivity index (χ1) is 12.1. The third-order valence-electron chi connectivity index (χ3n) is 3.94. The zero-order valence-electron chi connectivity index (χ0n) is 13.6. The SMILES string of the molecule is O=C(O)CCSCc1cccc(NC(=O)C2CSc3ccccc32)c1. The highest BCUT2D eigenvalue weighted by molar-refractivity contribution is 7.99. The lowest BCUT2D eigenvalue weighted by Gasteiger charge is -2.12. The topological polar surface area (TPSA) is 66.4 Å². The zero-order valence-corrected chi connectivity index (χ0v) is 15.2. The smallest absolute Gasteiger partial charge is 0.304 e. The van der Waals surface area contributed by atoms with Crippen molar-refractivity contribution in [3.05, 3.63) is 59.7 Å². The molecule has 1 heterocycles. The maximum Gasteiger partial charge on any atom is 0.304 e.